The summed E-state index contributed by atoms with van der Waals surface area (Å²) in [5.74, 6) is -0.0611. The van der Waals surface area contributed by atoms with Gasteiger partial charge in [0.25, 0.3) is 5.56 Å². The lowest BCUT2D eigenvalue weighted by molar-refractivity contribution is -0.120. The van der Waals surface area contributed by atoms with Crippen LogP contribution in [0, 0.1) is 0 Å². The highest BCUT2D eigenvalue weighted by molar-refractivity contribution is 5.94. The van der Waals surface area contributed by atoms with Crippen LogP contribution in [0.3, 0.4) is 0 Å². The summed E-state index contributed by atoms with van der Waals surface area (Å²) in [7, 11) is 0. The molecule has 3 N–H and O–H groups in total. The molecule has 1 aromatic heterocycles. The number of benzene rings is 1. The van der Waals surface area contributed by atoms with E-state index in [4.69, 9.17) is 4.74 Å². The number of nitrogens with one attached hydrogen (secondary N) is 3. The number of ether oxygens (including phenoxy) is 1. The molecule has 0 aliphatic heterocycles. The summed E-state index contributed by atoms with van der Waals surface area (Å²) in [6.07, 6.45) is 6.74. The summed E-state index contributed by atoms with van der Waals surface area (Å²) >= 11 is 0. The van der Waals surface area contributed by atoms with Crippen molar-refractivity contribution in [2.45, 2.75) is 58.5 Å². The minimum atomic E-state index is -0.526. The second-order valence-electron chi connectivity index (χ2n) is 8.75. The molecule has 0 atom stereocenters. The molecule has 2 amide bonds. The predicted molar refractivity (Wildman–Crippen MR) is 124 cm³/mol. The topological polar surface area (TPSA) is 113 Å². The Balaban J connectivity index is 1.51. The molecular weight excluding hydrogens is 408 g/mol. The summed E-state index contributed by atoms with van der Waals surface area (Å²) < 4.78 is 5.18. The van der Waals surface area contributed by atoms with Crippen LogP contribution < -0.4 is 16.2 Å². The zero-order chi connectivity index (χ0) is 23.1. The van der Waals surface area contributed by atoms with Crippen LogP contribution in [-0.4, -0.2) is 34.3 Å². The number of hydrogen-bond donors (Lipinski definition) is 3. The Morgan fingerprint density at radius 2 is 1.91 bits per heavy atom. The Labute approximate surface area is 187 Å². The van der Waals surface area contributed by atoms with E-state index in [1.807, 2.05) is 45.0 Å². The zero-order valence-corrected chi connectivity index (χ0v) is 18.8. The van der Waals surface area contributed by atoms with Gasteiger partial charge in [-0.2, -0.15) is 5.10 Å². The Kier molecular flexibility index (Phi) is 7.45. The third-order valence-corrected chi connectivity index (χ3v) is 4.88. The van der Waals surface area contributed by atoms with Crippen molar-refractivity contribution < 1.29 is 14.3 Å². The maximum absolute atomic E-state index is 12.3. The monoisotopic (exact) mass is 438 g/mol. The first-order valence-electron chi connectivity index (χ1n) is 10.9. The van der Waals surface area contributed by atoms with Gasteiger partial charge in [-0.1, -0.05) is 24.3 Å². The average molecular weight is 439 g/mol. The fourth-order valence-corrected chi connectivity index (χ4v) is 3.46. The summed E-state index contributed by atoms with van der Waals surface area (Å²) in [5.41, 5.74) is 1.65. The van der Waals surface area contributed by atoms with Crippen molar-refractivity contribution in [2.75, 3.05) is 6.54 Å². The standard InChI is InChI=1S/C24H30N4O4/c1-24(2,3)32-23(31)25-14-7-6-13-20(29)26-17-10-8-9-16(15-17)21-18-11-4-5-12-19(18)22(30)28-27-21/h4-5,9,11-12,15H,6-8,10,13-14H2,1-3H3,(H,25,31)(H,26,29)(H,28,30). The minimum absolute atomic E-state index is 0.0611. The quantitative estimate of drug-likeness (QED) is 0.569. The van der Waals surface area contributed by atoms with Gasteiger partial charge in [0, 0.05) is 29.6 Å². The molecule has 32 heavy (non-hydrogen) atoms. The smallest absolute Gasteiger partial charge is 0.407 e. The summed E-state index contributed by atoms with van der Waals surface area (Å²) in [4.78, 5) is 36.0. The summed E-state index contributed by atoms with van der Waals surface area (Å²) in [5, 5.41) is 13.8. The van der Waals surface area contributed by atoms with Crippen molar-refractivity contribution in [3.05, 3.63) is 58.2 Å². The Hall–Kier alpha value is -3.42. The largest absolute Gasteiger partial charge is 0.444 e. The first-order valence-corrected chi connectivity index (χ1v) is 10.9. The van der Waals surface area contributed by atoms with Gasteiger partial charge in [-0.25, -0.2) is 9.89 Å². The van der Waals surface area contributed by atoms with Crippen LogP contribution in [0.2, 0.25) is 0 Å². The Morgan fingerprint density at radius 3 is 2.66 bits per heavy atom. The molecule has 0 saturated carbocycles. The molecule has 1 aliphatic rings. The van der Waals surface area contributed by atoms with Gasteiger partial charge in [0.05, 0.1) is 11.1 Å². The number of fused-ring (bicyclic) bond motifs is 1. The van der Waals surface area contributed by atoms with Gasteiger partial charge in [0.15, 0.2) is 0 Å². The molecule has 0 unspecified atom stereocenters. The molecule has 0 bridgehead atoms. The number of unbranched alkanes of at least 4 members (excludes halogenated alkanes) is 1. The lowest BCUT2D eigenvalue weighted by atomic mass is 9.98. The number of hydrogen-bond acceptors (Lipinski definition) is 5. The first-order chi connectivity index (χ1) is 15.2. The number of nitrogens with zero attached hydrogens (tertiary/aromatic N) is 1. The van der Waals surface area contributed by atoms with Crippen LogP contribution in [0.5, 0.6) is 0 Å². The highest BCUT2D eigenvalue weighted by Gasteiger charge is 2.16. The third kappa shape index (κ3) is 6.54. The minimum Gasteiger partial charge on any atom is -0.444 e. The number of amides is 2. The van der Waals surface area contributed by atoms with Crippen molar-refractivity contribution in [2.24, 2.45) is 0 Å². The van der Waals surface area contributed by atoms with Crippen molar-refractivity contribution in [3.8, 4) is 0 Å². The second kappa shape index (κ2) is 10.3. The molecule has 0 radical (unpaired) electrons. The molecule has 3 rings (SSSR count). The molecule has 0 fully saturated rings. The molecule has 2 aromatic rings. The fraction of sp³-hybridized carbons (Fsp3) is 0.417. The zero-order valence-electron chi connectivity index (χ0n) is 18.8. The second-order valence-corrected chi connectivity index (χ2v) is 8.75. The molecule has 8 heteroatoms. The van der Waals surface area contributed by atoms with E-state index in [1.165, 1.54) is 0 Å². The molecule has 1 heterocycles. The number of alkyl carbamates (subject to hydrolysis) is 1. The van der Waals surface area contributed by atoms with Crippen LogP contribution in [0.15, 0.2) is 46.9 Å². The van der Waals surface area contributed by atoms with Crippen molar-refractivity contribution >= 4 is 28.3 Å². The Bertz CT molecular complexity index is 1110. The highest BCUT2D eigenvalue weighted by atomic mass is 16.6. The fourth-order valence-electron chi connectivity index (χ4n) is 3.46. The van der Waals surface area contributed by atoms with Crippen LogP contribution in [-0.2, 0) is 9.53 Å². The van der Waals surface area contributed by atoms with E-state index >= 15 is 0 Å². The van der Waals surface area contributed by atoms with Crippen molar-refractivity contribution in [1.82, 2.24) is 20.8 Å². The first kappa shape index (κ1) is 23.2. The van der Waals surface area contributed by atoms with Crippen LogP contribution in [0.1, 0.15) is 58.6 Å². The average Bonchev–Trinajstić information content (AvgIpc) is 2.73. The summed E-state index contributed by atoms with van der Waals surface area (Å²) in [6.45, 7) is 5.90. The lowest BCUT2D eigenvalue weighted by Crippen LogP contribution is -2.33. The van der Waals surface area contributed by atoms with Gasteiger partial charge in [-0.05, 0) is 58.6 Å². The summed E-state index contributed by atoms with van der Waals surface area (Å²) in [6, 6.07) is 7.34. The highest BCUT2D eigenvalue weighted by Crippen LogP contribution is 2.27. The van der Waals surface area contributed by atoms with Gasteiger partial charge in [-0.3, -0.25) is 9.59 Å². The van der Waals surface area contributed by atoms with Crippen LogP contribution in [0.25, 0.3) is 16.3 Å². The molecule has 0 spiro atoms. The molecule has 1 aromatic carbocycles. The normalized spacial score (nSPS) is 13.8. The van der Waals surface area contributed by atoms with Gasteiger partial charge < -0.3 is 15.4 Å². The van der Waals surface area contributed by atoms with Gasteiger partial charge in [-0.15, -0.1) is 0 Å². The predicted octanol–water partition coefficient (Wildman–Crippen LogP) is 3.80. The number of aromatic nitrogens is 2. The van der Waals surface area contributed by atoms with Crippen molar-refractivity contribution in [1.29, 1.82) is 0 Å². The van der Waals surface area contributed by atoms with Crippen LogP contribution in [0.4, 0.5) is 4.79 Å². The maximum atomic E-state index is 12.3. The van der Waals surface area contributed by atoms with E-state index in [0.717, 1.165) is 29.5 Å². The number of carbonyl (C=O) groups is 2. The number of H-pyrrole nitrogens is 1. The number of carbonyl (C=O) groups excluding carboxylic acids is 2. The molecule has 1 aliphatic carbocycles. The SMILES string of the molecule is CC(C)(C)OC(=O)NCCCCC(=O)NC1=CC(c2n[nH]c(=O)c3ccccc23)=CCC1. The molecular formula is C24H30N4O4. The number of rotatable bonds is 7. The van der Waals surface area contributed by atoms with Crippen molar-refractivity contribution in [3.63, 3.8) is 0 Å². The van der Waals surface area contributed by atoms with E-state index in [9.17, 15) is 14.4 Å². The van der Waals surface area contributed by atoms with E-state index in [1.54, 1.807) is 6.07 Å². The van der Waals surface area contributed by atoms with Gasteiger partial charge in [0.2, 0.25) is 5.91 Å². The Morgan fingerprint density at radius 1 is 1.16 bits per heavy atom. The molecule has 170 valence electrons. The molecule has 8 nitrogen and oxygen atoms in total. The molecule has 0 saturated heterocycles. The van der Waals surface area contributed by atoms with E-state index in [2.05, 4.69) is 26.9 Å². The van der Waals surface area contributed by atoms with Crippen LogP contribution >= 0.6 is 0 Å². The lowest BCUT2D eigenvalue weighted by Gasteiger charge is -2.19. The number of aromatic amines is 1. The van der Waals surface area contributed by atoms with Gasteiger partial charge in [0.1, 0.15) is 5.60 Å². The van der Waals surface area contributed by atoms with E-state index in [0.29, 0.717) is 36.9 Å². The van der Waals surface area contributed by atoms with Gasteiger partial charge >= 0.3 is 6.09 Å². The van der Waals surface area contributed by atoms with E-state index < -0.39 is 11.7 Å². The third-order valence-electron chi connectivity index (χ3n) is 4.88. The van der Waals surface area contributed by atoms with E-state index in [-0.39, 0.29) is 11.5 Å². The number of allylic oxidation sites excluding steroid dienone is 4. The maximum Gasteiger partial charge on any atom is 0.407 e.